The smallest absolute Gasteiger partial charge is 0.221 e. The molecule has 0 saturated heterocycles. The molecule has 0 atom stereocenters. The van der Waals surface area contributed by atoms with Gasteiger partial charge in [-0.25, -0.2) is 4.98 Å². The van der Waals surface area contributed by atoms with Gasteiger partial charge in [-0.2, -0.15) is 5.26 Å². The number of carbonyl (C=O) groups is 1. The van der Waals surface area contributed by atoms with Gasteiger partial charge in [0.1, 0.15) is 6.07 Å². The summed E-state index contributed by atoms with van der Waals surface area (Å²) in [4.78, 5) is 14.9. The molecule has 1 aromatic heterocycles. The van der Waals surface area contributed by atoms with Crippen LogP contribution < -0.4 is 10.6 Å². The standard InChI is InChI=1S/C14H12N4O/c1-10(19)17-11-4-6-12(7-5-11)18-13-3-2-8-16-14(13)9-15/h2-8,18H,1H3,(H,17,19). The van der Waals surface area contributed by atoms with E-state index in [1.165, 1.54) is 6.92 Å². The van der Waals surface area contributed by atoms with Gasteiger partial charge in [-0.3, -0.25) is 4.79 Å². The van der Waals surface area contributed by atoms with E-state index in [0.717, 1.165) is 11.4 Å². The monoisotopic (exact) mass is 252 g/mol. The molecule has 1 amide bonds. The van der Waals surface area contributed by atoms with Gasteiger partial charge in [-0.1, -0.05) is 0 Å². The third-order valence-electron chi connectivity index (χ3n) is 2.40. The van der Waals surface area contributed by atoms with Gasteiger partial charge in [0, 0.05) is 24.5 Å². The molecule has 5 heteroatoms. The Labute approximate surface area is 110 Å². The largest absolute Gasteiger partial charge is 0.353 e. The van der Waals surface area contributed by atoms with Crippen molar-refractivity contribution in [1.82, 2.24) is 4.98 Å². The van der Waals surface area contributed by atoms with Crippen LogP contribution in [0, 0.1) is 11.3 Å². The first-order valence-corrected chi connectivity index (χ1v) is 5.69. The molecule has 19 heavy (non-hydrogen) atoms. The van der Waals surface area contributed by atoms with Crippen LogP contribution in [0.15, 0.2) is 42.6 Å². The zero-order valence-corrected chi connectivity index (χ0v) is 10.3. The van der Waals surface area contributed by atoms with Crippen molar-refractivity contribution in [2.75, 3.05) is 10.6 Å². The van der Waals surface area contributed by atoms with E-state index in [9.17, 15) is 4.79 Å². The quantitative estimate of drug-likeness (QED) is 0.880. The normalized spacial score (nSPS) is 9.47. The van der Waals surface area contributed by atoms with Crippen LogP contribution in [0.1, 0.15) is 12.6 Å². The fourth-order valence-electron chi connectivity index (χ4n) is 1.59. The number of nitrogens with one attached hydrogen (secondary N) is 2. The lowest BCUT2D eigenvalue weighted by Gasteiger charge is -2.08. The highest BCUT2D eigenvalue weighted by atomic mass is 16.1. The molecule has 2 aromatic rings. The molecule has 0 aliphatic carbocycles. The van der Waals surface area contributed by atoms with Gasteiger partial charge in [0.2, 0.25) is 5.91 Å². The van der Waals surface area contributed by atoms with Crippen LogP contribution >= 0.6 is 0 Å². The number of carbonyl (C=O) groups excluding carboxylic acids is 1. The molecule has 0 radical (unpaired) electrons. The van der Waals surface area contributed by atoms with Gasteiger partial charge in [-0.15, -0.1) is 0 Å². The summed E-state index contributed by atoms with van der Waals surface area (Å²) in [6.45, 7) is 1.46. The summed E-state index contributed by atoms with van der Waals surface area (Å²) in [6.07, 6.45) is 1.57. The topological polar surface area (TPSA) is 77.8 Å². The van der Waals surface area contributed by atoms with Crippen molar-refractivity contribution >= 4 is 23.0 Å². The lowest BCUT2D eigenvalue weighted by molar-refractivity contribution is -0.114. The van der Waals surface area contributed by atoms with Crippen LogP contribution in [0.3, 0.4) is 0 Å². The molecule has 0 bridgehead atoms. The Morgan fingerprint density at radius 2 is 1.89 bits per heavy atom. The van der Waals surface area contributed by atoms with Gasteiger partial charge in [0.15, 0.2) is 5.69 Å². The number of anilines is 3. The third-order valence-corrected chi connectivity index (χ3v) is 2.40. The Balaban J connectivity index is 2.16. The highest BCUT2D eigenvalue weighted by Crippen LogP contribution is 2.20. The minimum absolute atomic E-state index is 0.111. The number of nitriles is 1. The van der Waals surface area contributed by atoms with Crippen LogP contribution in [-0.4, -0.2) is 10.9 Å². The molecular formula is C14H12N4O. The van der Waals surface area contributed by atoms with Crippen LogP contribution in [0.2, 0.25) is 0 Å². The predicted octanol–water partition coefficient (Wildman–Crippen LogP) is 2.66. The minimum Gasteiger partial charge on any atom is -0.353 e. The summed E-state index contributed by atoms with van der Waals surface area (Å²) in [6, 6.07) is 12.8. The van der Waals surface area contributed by atoms with Gasteiger partial charge in [-0.05, 0) is 36.4 Å². The summed E-state index contributed by atoms with van der Waals surface area (Å²) in [5.41, 5.74) is 2.54. The molecule has 0 saturated carbocycles. The predicted molar refractivity (Wildman–Crippen MR) is 73.0 cm³/mol. The second-order valence-electron chi connectivity index (χ2n) is 3.89. The van der Waals surface area contributed by atoms with E-state index >= 15 is 0 Å². The Morgan fingerprint density at radius 3 is 2.53 bits per heavy atom. The zero-order valence-electron chi connectivity index (χ0n) is 10.3. The number of amides is 1. The van der Waals surface area contributed by atoms with E-state index in [1.54, 1.807) is 30.5 Å². The summed E-state index contributed by atoms with van der Waals surface area (Å²) in [5, 5.41) is 14.7. The van der Waals surface area contributed by atoms with Gasteiger partial charge < -0.3 is 10.6 Å². The van der Waals surface area contributed by atoms with Crippen molar-refractivity contribution in [3.05, 3.63) is 48.3 Å². The first kappa shape index (κ1) is 12.6. The number of rotatable bonds is 3. The average molecular weight is 252 g/mol. The van der Waals surface area contributed by atoms with Gasteiger partial charge >= 0.3 is 0 Å². The molecular weight excluding hydrogens is 240 g/mol. The van der Waals surface area contributed by atoms with E-state index in [0.29, 0.717) is 11.4 Å². The molecule has 1 heterocycles. The van der Waals surface area contributed by atoms with Crippen LogP contribution in [0.25, 0.3) is 0 Å². The highest BCUT2D eigenvalue weighted by molar-refractivity contribution is 5.88. The Kier molecular flexibility index (Phi) is 3.74. The van der Waals surface area contributed by atoms with Crippen LogP contribution in [0.5, 0.6) is 0 Å². The van der Waals surface area contributed by atoms with Crippen LogP contribution in [-0.2, 0) is 4.79 Å². The van der Waals surface area contributed by atoms with E-state index < -0.39 is 0 Å². The number of hydrogen-bond donors (Lipinski definition) is 2. The molecule has 0 spiro atoms. The molecule has 2 rings (SSSR count). The second kappa shape index (κ2) is 5.65. The third kappa shape index (κ3) is 3.30. The van der Waals surface area contributed by atoms with Crippen molar-refractivity contribution in [2.45, 2.75) is 6.92 Å². The molecule has 0 unspecified atom stereocenters. The van der Waals surface area contributed by atoms with Crippen molar-refractivity contribution < 1.29 is 4.79 Å². The Bertz CT molecular complexity index is 629. The summed E-state index contributed by atoms with van der Waals surface area (Å²) >= 11 is 0. The Morgan fingerprint density at radius 1 is 1.21 bits per heavy atom. The van der Waals surface area contributed by atoms with Crippen molar-refractivity contribution in [2.24, 2.45) is 0 Å². The molecule has 2 N–H and O–H groups in total. The first-order valence-electron chi connectivity index (χ1n) is 5.69. The van der Waals surface area contributed by atoms with Crippen molar-refractivity contribution in [1.29, 1.82) is 5.26 Å². The van der Waals surface area contributed by atoms with Gasteiger partial charge in [0.25, 0.3) is 0 Å². The Hall–Kier alpha value is -2.87. The molecule has 5 nitrogen and oxygen atoms in total. The number of nitrogens with zero attached hydrogens (tertiary/aromatic N) is 2. The average Bonchev–Trinajstić information content (AvgIpc) is 2.41. The zero-order chi connectivity index (χ0) is 13.7. The van der Waals surface area contributed by atoms with E-state index in [1.807, 2.05) is 18.2 Å². The number of hydrogen-bond acceptors (Lipinski definition) is 4. The second-order valence-corrected chi connectivity index (χ2v) is 3.89. The maximum Gasteiger partial charge on any atom is 0.221 e. The molecule has 0 aliphatic rings. The minimum atomic E-state index is -0.111. The van der Waals surface area contributed by atoms with Crippen molar-refractivity contribution in [3.8, 4) is 6.07 Å². The summed E-state index contributed by atoms with van der Waals surface area (Å²) in [5.74, 6) is -0.111. The van der Waals surface area contributed by atoms with Gasteiger partial charge in [0.05, 0.1) is 5.69 Å². The molecule has 0 fully saturated rings. The fraction of sp³-hybridized carbons (Fsp3) is 0.0714. The number of benzene rings is 1. The molecule has 1 aromatic carbocycles. The number of aromatic nitrogens is 1. The highest BCUT2D eigenvalue weighted by Gasteiger charge is 2.02. The maximum absolute atomic E-state index is 10.9. The van der Waals surface area contributed by atoms with E-state index in [4.69, 9.17) is 5.26 Å². The first-order chi connectivity index (χ1) is 9.19. The van der Waals surface area contributed by atoms with Crippen molar-refractivity contribution in [3.63, 3.8) is 0 Å². The summed E-state index contributed by atoms with van der Waals surface area (Å²) < 4.78 is 0. The SMILES string of the molecule is CC(=O)Nc1ccc(Nc2cccnc2C#N)cc1. The lowest BCUT2D eigenvalue weighted by atomic mass is 10.2. The fourth-order valence-corrected chi connectivity index (χ4v) is 1.59. The lowest BCUT2D eigenvalue weighted by Crippen LogP contribution is -2.05. The number of pyridine rings is 1. The maximum atomic E-state index is 10.9. The van der Waals surface area contributed by atoms with E-state index in [-0.39, 0.29) is 5.91 Å². The van der Waals surface area contributed by atoms with E-state index in [2.05, 4.69) is 15.6 Å². The summed E-state index contributed by atoms with van der Waals surface area (Å²) in [7, 11) is 0. The van der Waals surface area contributed by atoms with Crippen LogP contribution in [0.4, 0.5) is 17.1 Å². The molecule has 0 aliphatic heterocycles. The molecule has 94 valence electrons.